The number of ketones is 2. The van der Waals surface area contributed by atoms with Crippen molar-refractivity contribution in [2.75, 3.05) is 6.61 Å². The lowest BCUT2D eigenvalue weighted by Gasteiger charge is -2.59. The molecule has 2 fully saturated rings. The first-order valence-corrected chi connectivity index (χ1v) is 11.3. The van der Waals surface area contributed by atoms with Crippen molar-refractivity contribution >= 4 is 30.5 Å². The van der Waals surface area contributed by atoms with Crippen molar-refractivity contribution in [3.05, 3.63) is 11.1 Å². The van der Waals surface area contributed by atoms with Gasteiger partial charge in [-0.3, -0.25) is 24.0 Å². The number of hydrogen-bond donors (Lipinski definition) is 1. The van der Waals surface area contributed by atoms with Crippen molar-refractivity contribution in [3.63, 3.8) is 0 Å². The van der Waals surface area contributed by atoms with Crippen molar-refractivity contribution < 1.29 is 43.3 Å². The first-order valence-electron chi connectivity index (χ1n) is 11.3. The van der Waals surface area contributed by atoms with Gasteiger partial charge in [0.25, 0.3) is 12.9 Å². The molecule has 0 heterocycles. The average molecular weight is 462 g/mol. The molecule has 180 valence electrons. The standard InChI is InChI=1S/C24H30O9/c1-12-8-24(12)20(30)14-15(16(28)21(24)33-13(2)27)23(4)7-5-6-22(3,9-31-10-25)19(23)17(29)18(14)32-11-26/h10-12,17-19,21,29H,5-9H2,1-4H3/t12-,17-,18+,19+,21+,22-,23-,24+/m1/s1. The summed E-state index contributed by atoms with van der Waals surface area (Å²) in [6.45, 7) is 7.18. The summed E-state index contributed by atoms with van der Waals surface area (Å²) in [7, 11) is 0. The molecule has 4 aliphatic rings. The molecule has 0 aliphatic heterocycles. The SMILES string of the molecule is CC(=O)O[C@H]1C(=O)C2=C(C(=O)[C@@]13C[C@H]3C)[C@H](OC=O)[C@@H](O)[C@H]1[C@@](C)(COC=O)CCC[C@]21C. The number of carbonyl (C=O) groups is 5. The van der Waals surface area contributed by atoms with Crippen molar-refractivity contribution in [1.29, 1.82) is 0 Å². The summed E-state index contributed by atoms with van der Waals surface area (Å²) in [5.74, 6) is -2.39. The van der Waals surface area contributed by atoms with Crippen molar-refractivity contribution in [2.45, 2.75) is 71.7 Å². The summed E-state index contributed by atoms with van der Waals surface area (Å²) in [6.07, 6.45) is -1.74. The molecule has 8 atom stereocenters. The number of aliphatic hydroxyl groups excluding tert-OH is 1. The second kappa shape index (κ2) is 7.75. The zero-order valence-corrected chi connectivity index (χ0v) is 19.3. The fourth-order valence-electron chi connectivity index (χ4n) is 7.25. The van der Waals surface area contributed by atoms with E-state index in [1.165, 1.54) is 6.92 Å². The van der Waals surface area contributed by atoms with Crippen LogP contribution in [0, 0.1) is 28.1 Å². The average Bonchev–Trinajstić information content (AvgIpc) is 3.41. The number of Topliss-reactive ketones (excluding diaryl/α,β-unsaturated/α-hetero) is 2. The number of rotatable bonds is 6. The number of aliphatic hydroxyl groups is 1. The Morgan fingerprint density at radius 2 is 1.85 bits per heavy atom. The molecule has 0 aromatic heterocycles. The fourth-order valence-corrected chi connectivity index (χ4v) is 7.25. The molecule has 33 heavy (non-hydrogen) atoms. The van der Waals surface area contributed by atoms with Crippen LogP contribution in [-0.4, -0.2) is 60.5 Å². The van der Waals surface area contributed by atoms with Crippen LogP contribution in [0.25, 0.3) is 0 Å². The third-order valence-electron chi connectivity index (χ3n) is 8.61. The second-order valence-corrected chi connectivity index (χ2v) is 10.6. The Kier molecular flexibility index (Phi) is 5.54. The van der Waals surface area contributed by atoms with E-state index in [2.05, 4.69) is 0 Å². The molecule has 2 saturated carbocycles. The minimum Gasteiger partial charge on any atom is -0.467 e. The number of hydrogen-bond acceptors (Lipinski definition) is 9. The highest BCUT2D eigenvalue weighted by molar-refractivity contribution is 6.20. The molecule has 9 heteroatoms. The molecular weight excluding hydrogens is 432 g/mol. The molecular formula is C24H30O9. The largest absolute Gasteiger partial charge is 0.467 e. The molecule has 1 spiro atoms. The predicted molar refractivity (Wildman–Crippen MR) is 111 cm³/mol. The quantitative estimate of drug-likeness (QED) is 0.352. The summed E-state index contributed by atoms with van der Waals surface area (Å²) in [5, 5.41) is 11.5. The molecule has 0 bridgehead atoms. The van der Waals surface area contributed by atoms with Gasteiger partial charge in [0.2, 0.25) is 5.78 Å². The number of carbonyl (C=O) groups excluding carboxylic acids is 5. The van der Waals surface area contributed by atoms with E-state index < -0.39 is 58.0 Å². The number of fused-ring (bicyclic) bond motifs is 2. The maximum Gasteiger partial charge on any atom is 0.303 e. The van der Waals surface area contributed by atoms with Gasteiger partial charge in [0.15, 0.2) is 18.0 Å². The molecule has 0 aromatic rings. The van der Waals surface area contributed by atoms with E-state index >= 15 is 0 Å². The van der Waals surface area contributed by atoms with E-state index in [1.807, 2.05) is 13.8 Å². The van der Waals surface area contributed by atoms with E-state index in [1.54, 1.807) is 6.92 Å². The van der Waals surface area contributed by atoms with Crippen molar-refractivity contribution in [3.8, 4) is 0 Å². The molecule has 1 N–H and O–H groups in total. The minimum absolute atomic E-state index is 0.000717. The second-order valence-electron chi connectivity index (χ2n) is 10.6. The Hall–Kier alpha value is -2.55. The smallest absolute Gasteiger partial charge is 0.303 e. The minimum atomic E-state index is -1.33. The third-order valence-corrected chi connectivity index (χ3v) is 8.61. The lowest BCUT2D eigenvalue weighted by molar-refractivity contribution is -0.175. The zero-order valence-electron chi connectivity index (χ0n) is 19.3. The van der Waals surface area contributed by atoms with Crippen LogP contribution in [0.15, 0.2) is 11.1 Å². The Balaban J connectivity index is 1.94. The van der Waals surface area contributed by atoms with Gasteiger partial charge in [0.1, 0.15) is 0 Å². The summed E-state index contributed by atoms with van der Waals surface area (Å²) >= 11 is 0. The lowest BCUT2D eigenvalue weighted by Crippen LogP contribution is -2.64. The maximum atomic E-state index is 14.0. The van der Waals surface area contributed by atoms with E-state index in [0.717, 1.165) is 0 Å². The highest BCUT2D eigenvalue weighted by atomic mass is 16.6. The molecule has 0 aromatic carbocycles. The van der Waals surface area contributed by atoms with Gasteiger partial charge in [0, 0.05) is 34.8 Å². The normalized spacial score (nSPS) is 44.0. The fraction of sp³-hybridized carbons (Fsp3) is 0.708. The molecule has 0 radical (unpaired) electrons. The van der Waals surface area contributed by atoms with Crippen LogP contribution in [0.4, 0.5) is 0 Å². The van der Waals surface area contributed by atoms with Crippen LogP contribution in [0.3, 0.4) is 0 Å². The first-order chi connectivity index (χ1) is 15.5. The van der Waals surface area contributed by atoms with Gasteiger partial charge in [-0.2, -0.15) is 0 Å². The Labute approximate surface area is 191 Å². The van der Waals surface area contributed by atoms with Crippen molar-refractivity contribution in [1.82, 2.24) is 0 Å². The topological polar surface area (TPSA) is 133 Å². The first kappa shape index (κ1) is 23.6. The van der Waals surface area contributed by atoms with Crippen LogP contribution >= 0.6 is 0 Å². The number of ether oxygens (including phenoxy) is 3. The van der Waals surface area contributed by atoms with E-state index in [4.69, 9.17) is 14.2 Å². The van der Waals surface area contributed by atoms with Crippen LogP contribution in [0.1, 0.15) is 53.4 Å². The van der Waals surface area contributed by atoms with E-state index in [9.17, 15) is 29.1 Å². The predicted octanol–water partition coefficient (Wildman–Crippen LogP) is 1.29. The van der Waals surface area contributed by atoms with Crippen molar-refractivity contribution in [2.24, 2.45) is 28.1 Å². The lowest BCUT2D eigenvalue weighted by atomic mass is 9.46. The summed E-state index contributed by atoms with van der Waals surface area (Å²) < 4.78 is 15.8. The van der Waals surface area contributed by atoms with E-state index in [0.29, 0.717) is 32.2 Å². The van der Waals surface area contributed by atoms with Gasteiger partial charge >= 0.3 is 5.97 Å². The van der Waals surface area contributed by atoms with Crippen LogP contribution in [-0.2, 0) is 38.2 Å². The molecule has 0 amide bonds. The third kappa shape index (κ3) is 3.11. The Bertz CT molecular complexity index is 954. The van der Waals surface area contributed by atoms with Gasteiger partial charge in [-0.25, -0.2) is 0 Å². The maximum absolute atomic E-state index is 14.0. The van der Waals surface area contributed by atoms with E-state index in [-0.39, 0.29) is 30.1 Å². The van der Waals surface area contributed by atoms with Gasteiger partial charge in [-0.1, -0.05) is 27.2 Å². The van der Waals surface area contributed by atoms with Gasteiger partial charge < -0.3 is 19.3 Å². The van der Waals surface area contributed by atoms with Gasteiger partial charge in [-0.05, 0) is 25.2 Å². The summed E-state index contributed by atoms with van der Waals surface area (Å²) in [4.78, 5) is 62.1. The van der Waals surface area contributed by atoms with Gasteiger partial charge in [-0.15, -0.1) is 0 Å². The molecule has 0 unspecified atom stereocenters. The molecule has 0 saturated heterocycles. The molecule has 4 rings (SSSR count). The summed E-state index contributed by atoms with van der Waals surface area (Å²) in [6, 6.07) is 0. The molecule has 9 nitrogen and oxygen atoms in total. The Morgan fingerprint density at radius 3 is 2.39 bits per heavy atom. The van der Waals surface area contributed by atoms with Crippen LogP contribution in [0.2, 0.25) is 0 Å². The van der Waals surface area contributed by atoms with Crippen LogP contribution < -0.4 is 0 Å². The highest BCUT2D eigenvalue weighted by Gasteiger charge is 2.73. The van der Waals surface area contributed by atoms with Gasteiger partial charge in [0.05, 0.1) is 18.1 Å². The Morgan fingerprint density at radius 1 is 1.18 bits per heavy atom. The highest BCUT2D eigenvalue weighted by Crippen LogP contribution is 2.67. The summed E-state index contributed by atoms with van der Waals surface area (Å²) in [5.41, 5.74) is -2.72. The van der Waals surface area contributed by atoms with Crippen LogP contribution in [0.5, 0.6) is 0 Å². The number of esters is 1. The molecule has 4 aliphatic carbocycles. The monoisotopic (exact) mass is 462 g/mol. The zero-order chi connectivity index (χ0) is 24.3.